The average molecular weight is 671 g/mol. The van der Waals surface area contributed by atoms with Crippen LogP contribution in [0.2, 0.25) is 0 Å². The number of hydrogen-bond acceptors (Lipinski definition) is 7. The van der Waals surface area contributed by atoms with Crippen molar-refractivity contribution < 1.29 is 33.4 Å². The maximum Gasteiger partial charge on any atom is 0.343 e. The van der Waals surface area contributed by atoms with E-state index in [4.69, 9.17) is 14.2 Å². The Balaban J connectivity index is 1.12. The number of nitrogens with zero attached hydrogens (tertiary/aromatic N) is 1. The van der Waals surface area contributed by atoms with E-state index in [0.717, 1.165) is 21.3 Å². The summed E-state index contributed by atoms with van der Waals surface area (Å²) >= 11 is 3.32. The molecule has 0 bridgehead atoms. The number of benzene rings is 4. The minimum atomic E-state index is -0.692. The topological polar surface area (TPSA) is 99.2 Å². The number of ketones is 1. The van der Waals surface area contributed by atoms with Crippen molar-refractivity contribution in [1.82, 2.24) is 0 Å². The van der Waals surface area contributed by atoms with Crippen LogP contribution in [0.1, 0.15) is 58.0 Å². The van der Waals surface area contributed by atoms with Gasteiger partial charge < -0.3 is 19.1 Å². The maximum atomic E-state index is 12.8. The Morgan fingerprint density at radius 2 is 1.51 bits per heavy atom. The van der Waals surface area contributed by atoms with Gasteiger partial charge in [0, 0.05) is 28.7 Å². The largest absolute Gasteiger partial charge is 0.457 e. The van der Waals surface area contributed by atoms with Crippen LogP contribution in [0, 0.1) is 12.8 Å². The van der Waals surface area contributed by atoms with Crippen molar-refractivity contribution in [3.05, 3.63) is 118 Å². The number of anilines is 1. The lowest BCUT2D eigenvalue weighted by Gasteiger charge is -2.18. The van der Waals surface area contributed by atoms with Crippen molar-refractivity contribution in [2.24, 2.45) is 5.92 Å². The van der Waals surface area contributed by atoms with Gasteiger partial charge in [0.2, 0.25) is 5.91 Å². The molecule has 1 aliphatic heterocycles. The number of carbonyl (C=O) groups is 4. The van der Waals surface area contributed by atoms with Crippen LogP contribution >= 0.6 is 15.9 Å². The number of hydrogen-bond donors (Lipinski definition) is 0. The number of amides is 1. The number of carbonyl (C=O) groups excluding carboxylic acids is 4. The third-order valence-corrected chi connectivity index (χ3v) is 7.97. The number of rotatable bonds is 10. The van der Waals surface area contributed by atoms with E-state index < -0.39 is 30.2 Å². The highest BCUT2D eigenvalue weighted by Gasteiger charge is 2.36. The SMILES string of the molecule is Cc1ccc(C(C)C)c(Oc2ccc(N3C[C@@H](C(=O)OCC(=O)c4ccc(OC(=O)c5ccc(Br)cc5)cc4)CC3=O)cc2)c1. The van der Waals surface area contributed by atoms with Crippen molar-refractivity contribution in [3.63, 3.8) is 0 Å². The molecule has 0 aliphatic carbocycles. The molecule has 1 fully saturated rings. The van der Waals surface area contributed by atoms with E-state index in [2.05, 4.69) is 41.9 Å². The zero-order chi connectivity index (χ0) is 32.1. The third kappa shape index (κ3) is 7.85. The summed E-state index contributed by atoms with van der Waals surface area (Å²) < 4.78 is 17.6. The molecule has 45 heavy (non-hydrogen) atoms. The number of halogens is 1. The summed E-state index contributed by atoms with van der Waals surface area (Å²) in [7, 11) is 0. The van der Waals surface area contributed by atoms with Crippen LogP contribution in [0.4, 0.5) is 5.69 Å². The van der Waals surface area contributed by atoms with E-state index in [0.29, 0.717) is 28.5 Å². The molecule has 1 atom stereocenters. The van der Waals surface area contributed by atoms with Crippen LogP contribution < -0.4 is 14.4 Å². The summed E-state index contributed by atoms with van der Waals surface area (Å²) in [6.45, 7) is 5.92. The van der Waals surface area contributed by atoms with Crippen molar-refractivity contribution in [2.45, 2.75) is 33.1 Å². The molecule has 1 aliphatic rings. The van der Waals surface area contributed by atoms with E-state index in [1.54, 1.807) is 48.5 Å². The van der Waals surface area contributed by atoms with Gasteiger partial charge in [-0.05, 0) is 103 Å². The molecule has 8 nitrogen and oxygen atoms in total. The van der Waals surface area contributed by atoms with E-state index >= 15 is 0 Å². The van der Waals surface area contributed by atoms with Gasteiger partial charge >= 0.3 is 11.9 Å². The van der Waals surface area contributed by atoms with E-state index in [1.165, 1.54) is 29.2 Å². The van der Waals surface area contributed by atoms with Crippen molar-refractivity contribution in [1.29, 1.82) is 0 Å². The highest BCUT2D eigenvalue weighted by Crippen LogP contribution is 2.33. The first-order valence-corrected chi connectivity index (χ1v) is 15.3. The third-order valence-electron chi connectivity index (χ3n) is 7.44. The van der Waals surface area contributed by atoms with E-state index in [1.807, 2.05) is 13.0 Å². The standard InChI is InChI=1S/C36H32BrNO7/c1-22(2)31-17-4-23(3)18-33(31)44-29-15-11-28(12-16-29)38-20-26(19-34(38)40)35(41)43-21-32(39)24-7-13-30(14-8-24)45-36(42)25-5-9-27(37)10-6-25/h4-18,22,26H,19-21H2,1-3H3/t26-/m0/s1. The Morgan fingerprint density at radius 3 is 2.18 bits per heavy atom. The van der Waals surface area contributed by atoms with Gasteiger partial charge in [0.1, 0.15) is 17.2 Å². The minimum Gasteiger partial charge on any atom is -0.457 e. The summed E-state index contributed by atoms with van der Waals surface area (Å²) in [5, 5.41) is 0. The van der Waals surface area contributed by atoms with Crippen LogP contribution in [0.3, 0.4) is 0 Å². The number of esters is 2. The molecule has 0 unspecified atom stereocenters. The summed E-state index contributed by atoms with van der Waals surface area (Å²) in [6, 6.07) is 26.0. The average Bonchev–Trinajstić information content (AvgIpc) is 3.42. The second-order valence-corrected chi connectivity index (χ2v) is 12.1. The van der Waals surface area contributed by atoms with Gasteiger partial charge in [-0.15, -0.1) is 0 Å². The second kappa shape index (κ2) is 13.9. The molecular formula is C36H32BrNO7. The molecule has 230 valence electrons. The zero-order valence-corrected chi connectivity index (χ0v) is 26.7. The monoisotopic (exact) mass is 669 g/mol. The molecule has 0 radical (unpaired) electrons. The fourth-order valence-corrected chi connectivity index (χ4v) is 5.21. The number of aryl methyl sites for hydroxylation is 1. The van der Waals surface area contributed by atoms with Crippen LogP contribution in [-0.4, -0.2) is 36.8 Å². The summed E-state index contributed by atoms with van der Waals surface area (Å²) in [5.74, 6) is -0.437. The molecule has 4 aromatic carbocycles. The Bertz CT molecular complexity index is 1710. The second-order valence-electron chi connectivity index (χ2n) is 11.1. The Morgan fingerprint density at radius 1 is 0.867 bits per heavy atom. The van der Waals surface area contributed by atoms with Crippen LogP contribution in [0.25, 0.3) is 0 Å². The van der Waals surface area contributed by atoms with Gasteiger partial charge in [-0.25, -0.2) is 4.79 Å². The first-order valence-electron chi connectivity index (χ1n) is 14.5. The molecule has 9 heteroatoms. The fraction of sp³-hybridized carbons (Fsp3) is 0.222. The first-order chi connectivity index (χ1) is 21.6. The quantitative estimate of drug-likeness (QED) is 0.0970. The molecule has 0 N–H and O–H groups in total. The zero-order valence-electron chi connectivity index (χ0n) is 25.1. The molecule has 1 heterocycles. The van der Waals surface area contributed by atoms with E-state index in [9.17, 15) is 19.2 Å². The van der Waals surface area contributed by atoms with Gasteiger partial charge in [-0.3, -0.25) is 14.4 Å². The molecule has 1 saturated heterocycles. The van der Waals surface area contributed by atoms with Gasteiger partial charge in [-0.1, -0.05) is 41.9 Å². The number of Topliss-reactive ketones (excluding diaryl/α,β-unsaturated/α-hetero) is 1. The van der Waals surface area contributed by atoms with Gasteiger partial charge in [0.25, 0.3) is 0 Å². The molecule has 5 rings (SSSR count). The lowest BCUT2D eigenvalue weighted by molar-refractivity contribution is -0.147. The van der Waals surface area contributed by atoms with Gasteiger partial charge in [0.15, 0.2) is 12.4 Å². The Labute approximate surface area is 270 Å². The normalized spacial score (nSPS) is 14.4. The van der Waals surface area contributed by atoms with Crippen molar-refractivity contribution >= 4 is 45.2 Å². The fourth-order valence-electron chi connectivity index (χ4n) is 4.94. The highest BCUT2D eigenvalue weighted by molar-refractivity contribution is 9.10. The molecule has 4 aromatic rings. The van der Waals surface area contributed by atoms with E-state index in [-0.39, 0.29) is 24.6 Å². The number of ether oxygens (including phenoxy) is 3. The maximum absolute atomic E-state index is 12.8. The molecule has 1 amide bonds. The first kappa shape index (κ1) is 31.7. The smallest absolute Gasteiger partial charge is 0.343 e. The Hall–Kier alpha value is -4.76. The highest BCUT2D eigenvalue weighted by atomic mass is 79.9. The van der Waals surface area contributed by atoms with Gasteiger partial charge in [-0.2, -0.15) is 0 Å². The lowest BCUT2D eigenvalue weighted by Crippen LogP contribution is -2.27. The molecule has 0 aromatic heterocycles. The Kier molecular flexibility index (Phi) is 9.78. The van der Waals surface area contributed by atoms with Crippen LogP contribution in [0.5, 0.6) is 17.2 Å². The van der Waals surface area contributed by atoms with Crippen LogP contribution in [-0.2, 0) is 14.3 Å². The van der Waals surface area contributed by atoms with Crippen LogP contribution in [0.15, 0.2) is 95.5 Å². The molecular weight excluding hydrogens is 638 g/mol. The summed E-state index contributed by atoms with van der Waals surface area (Å²) in [4.78, 5) is 52.1. The molecule has 0 spiro atoms. The lowest BCUT2D eigenvalue weighted by atomic mass is 10.0. The van der Waals surface area contributed by atoms with Crippen molar-refractivity contribution in [3.8, 4) is 17.2 Å². The summed E-state index contributed by atoms with van der Waals surface area (Å²) in [5.41, 5.74) is 3.53. The minimum absolute atomic E-state index is 0.00918. The summed E-state index contributed by atoms with van der Waals surface area (Å²) in [6.07, 6.45) is -0.00918. The predicted octanol–water partition coefficient (Wildman–Crippen LogP) is 7.67. The molecule has 0 saturated carbocycles. The van der Waals surface area contributed by atoms with Gasteiger partial charge in [0.05, 0.1) is 11.5 Å². The van der Waals surface area contributed by atoms with Crippen molar-refractivity contribution in [2.75, 3.05) is 18.1 Å². The predicted molar refractivity (Wildman–Crippen MR) is 173 cm³/mol.